The number of rotatable bonds is 2. The zero-order valence-electron chi connectivity index (χ0n) is 10.7. The van der Waals surface area contributed by atoms with Gasteiger partial charge < -0.3 is 19.7 Å². The Labute approximate surface area is 123 Å². The number of benzene rings is 2. The van der Waals surface area contributed by atoms with Crippen LogP contribution < -0.4 is 9.47 Å². The molecule has 0 saturated carbocycles. The van der Waals surface area contributed by atoms with Gasteiger partial charge in [0.15, 0.2) is 0 Å². The van der Waals surface area contributed by atoms with Crippen LogP contribution in [0.2, 0.25) is 0 Å². The van der Waals surface area contributed by atoms with Gasteiger partial charge in [0.25, 0.3) is 0 Å². The van der Waals surface area contributed by atoms with Gasteiger partial charge in [-0.1, -0.05) is 12.1 Å². The van der Waals surface area contributed by atoms with Crippen molar-refractivity contribution in [3.63, 3.8) is 0 Å². The molecule has 0 aliphatic carbocycles. The number of methoxy groups -OCH3 is 2. The Morgan fingerprint density at radius 2 is 1.11 bits per heavy atom. The Morgan fingerprint density at radius 3 is 1.32 bits per heavy atom. The second kappa shape index (κ2) is 9.15. The largest absolute Gasteiger partial charge is 0.508 e. The van der Waals surface area contributed by atoms with Crippen LogP contribution in [-0.2, 0) is 17.4 Å². The molecule has 19 heavy (non-hydrogen) atoms. The van der Waals surface area contributed by atoms with Gasteiger partial charge in [0.05, 0.1) is 14.2 Å². The molecule has 0 spiro atoms. The van der Waals surface area contributed by atoms with Gasteiger partial charge in [0.2, 0.25) is 0 Å². The van der Waals surface area contributed by atoms with Crippen LogP contribution in [0, 0.1) is 0 Å². The molecule has 102 valence electrons. The molecule has 0 aromatic heterocycles. The maximum absolute atomic E-state index is 8.86. The van der Waals surface area contributed by atoms with Crippen molar-refractivity contribution in [1.82, 2.24) is 0 Å². The third kappa shape index (κ3) is 6.61. The molecule has 2 N–H and O–H groups in total. The molecular weight excluding hydrogens is 284 g/mol. The van der Waals surface area contributed by atoms with Crippen molar-refractivity contribution >= 4 is 0 Å². The number of phenols is 2. The molecule has 2 rings (SSSR count). The van der Waals surface area contributed by atoms with E-state index in [-0.39, 0.29) is 28.9 Å². The van der Waals surface area contributed by atoms with Crippen LogP contribution in [0.5, 0.6) is 23.0 Å². The topological polar surface area (TPSA) is 58.9 Å². The van der Waals surface area contributed by atoms with E-state index in [1.807, 2.05) is 0 Å². The van der Waals surface area contributed by atoms with Gasteiger partial charge in [-0.15, -0.1) is 0 Å². The molecule has 0 fully saturated rings. The van der Waals surface area contributed by atoms with Crippen molar-refractivity contribution in [1.29, 1.82) is 0 Å². The van der Waals surface area contributed by atoms with Gasteiger partial charge in [-0.05, 0) is 24.3 Å². The Morgan fingerprint density at radius 1 is 0.737 bits per heavy atom. The number of phenolic OH excluding ortho intramolecular Hbond substituents is 2. The minimum absolute atomic E-state index is 0. The summed E-state index contributed by atoms with van der Waals surface area (Å²) in [5.41, 5.74) is 0. The number of ether oxygens (including phenoxy) is 2. The van der Waals surface area contributed by atoms with Crippen molar-refractivity contribution in [2.75, 3.05) is 14.2 Å². The number of hydrogen-bond donors (Lipinski definition) is 2. The average molecular weight is 300 g/mol. The second-order valence-corrected chi connectivity index (χ2v) is 3.40. The summed E-state index contributed by atoms with van der Waals surface area (Å²) in [5, 5.41) is 17.7. The summed E-state index contributed by atoms with van der Waals surface area (Å²) in [6.45, 7) is 0. The average Bonchev–Trinajstić information content (AvgIpc) is 2.39. The molecule has 4 nitrogen and oxygen atoms in total. The van der Waals surface area contributed by atoms with Gasteiger partial charge in [-0.2, -0.15) is 0 Å². The fourth-order valence-electron chi connectivity index (χ4n) is 1.22. The van der Waals surface area contributed by atoms with E-state index in [4.69, 9.17) is 19.7 Å². The number of hydrogen-bond acceptors (Lipinski definition) is 4. The zero-order chi connectivity index (χ0) is 13.4. The third-order valence-corrected chi connectivity index (χ3v) is 2.11. The van der Waals surface area contributed by atoms with E-state index in [1.165, 1.54) is 0 Å². The summed E-state index contributed by atoms with van der Waals surface area (Å²) >= 11 is 0. The fourth-order valence-corrected chi connectivity index (χ4v) is 1.22. The van der Waals surface area contributed by atoms with E-state index < -0.39 is 0 Å². The molecule has 0 aliphatic rings. The predicted octanol–water partition coefficient (Wildman–Crippen LogP) is 2.80. The quantitative estimate of drug-likeness (QED) is 0.895. The third-order valence-electron chi connectivity index (χ3n) is 2.11. The minimum atomic E-state index is 0. The smallest absolute Gasteiger partial charge is 0.122 e. The van der Waals surface area contributed by atoms with Crippen LogP contribution in [-0.4, -0.2) is 24.4 Å². The number of aromatic hydroxyl groups is 2. The van der Waals surface area contributed by atoms with Crippen molar-refractivity contribution in [2.45, 2.75) is 0 Å². The molecule has 0 heterocycles. The first-order chi connectivity index (χ1) is 8.65. The van der Waals surface area contributed by atoms with Crippen molar-refractivity contribution in [2.24, 2.45) is 0 Å². The van der Waals surface area contributed by atoms with E-state index in [1.54, 1.807) is 62.8 Å². The standard InChI is InChI=1S/2C7H8O2.Cr/c2*1-9-7-4-2-3-6(8)5-7;/h2*2-5,8H,1H3;. The van der Waals surface area contributed by atoms with E-state index in [2.05, 4.69) is 0 Å². The summed E-state index contributed by atoms with van der Waals surface area (Å²) in [5.74, 6) is 1.81. The maximum Gasteiger partial charge on any atom is 0.122 e. The van der Waals surface area contributed by atoms with Crippen molar-refractivity contribution in [3.05, 3.63) is 48.5 Å². The Bertz CT molecular complexity index is 443. The maximum atomic E-state index is 8.86. The summed E-state index contributed by atoms with van der Waals surface area (Å²) in [4.78, 5) is 0. The molecule has 0 atom stereocenters. The second-order valence-electron chi connectivity index (χ2n) is 3.40. The SMILES string of the molecule is COc1cccc(O)c1.COc1cccc(O)c1.[Cr]. The van der Waals surface area contributed by atoms with E-state index in [0.29, 0.717) is 11.5 Å². The summed E-state index contributed by atoms with van der Waals surface area (Å²) < 4.78 is 9.67. The first kappa shape index (κ1) is 17.2. The molecule has 0 radical (unpaired) electrons. The van der Waals surface area contributed by atoms with E-state index >= 15 is 0 Å². The minimum Gasteiger partial charge on any atom is -0.508 e. The zero-order valence-corrected chi connectivity index (χ0v) is 12.0. The summed E-state index contributed by atoms with van der Waals surface area (Å²) in [7, 11) is 3.13. The first-order valence-electron chi connectivity index (χ1n) is 5.31. The molecule has 0 bridgehead atoms. The van der Waals surface area contributed by atoms with Gasteiger partial charge >= 0.3 is 0 Å². The van der Waals surface area contributed by atoms with Crippen LogP contribution in [0.3, 0.4) is 0 Å². The molecule has 0 aliphatic heterocycles. The van der Waals surface area contributed by atoms with Crippen LogP contribution in [0.25, 0.3) is 0 Å². The van der Waals surface area contributed by atoms with Gasteiger partial charge in [-0.3, -0.25) is 0 Å². The molecular formula is C14H16CrO4. The molecule has 5 heteroatoms. The van der Waals surface area contributed by atoms with Crippen LogP contribution in [0.4, 0.5) is 0 Å². The van der Waals surface area contributed by atoms with Gasteiger partial charge in [0.1, 0.15) is 23.0 Å². The molecule has 0 unspecified atom stereocenters. The normalized spacial score (nSPS) is 8.53. The Hall–Kier alpha value is -1.83. The van der Waals surface area contributed by atoms with E-state index in [9.17, 15) is 0 Å². The van der Waals surface area contributed by atoms with Crippen LogP contribution in [0.15, 0.2) is 48.5 Å². The van der Waals surface area contributed by atoms with E-state index in [0.717, 1.165) is 0 Å². The summed E-state index contributed by atoms with van der Waals surface area (Å²) in [6.07, 6.45) is 0. The van der Waals surface area contributed by atoms with Gasteiger partial charge in [0, 0.05) is 29.5 Å². The van der Waals surface area contributed by atoms with Crippen LogP contribution in [0.1, 0.15) is 0 Å². The van der Waals surface area contributed by atoms with Gasteiger partial charge in [-0.25, -0.2) is 0 Å². The Balaban J connectivity index is 0.000000324. The molecule has 0 saturated heterocycles. The fraction of sp³-hybridized carbons (Fsp3) is 0.143. The van der Waals surface area contributed by atoms with Crippen LogP contribution >= 0.6 is 0 Å². The first-order valence-corrected chi connectivity index (χ1v) is 5.31. The Kier molecular flexibility index (Phi) is 8.27. The molecule has 2 aromatic carbocycles. The predicted molar refractivity (Wildman–Crippen MR) is 69.3 cm³/mol. The summed E-state index contributed by atoms with van der Waals surface area (Å²) in [6, 6.07) is 13.3. The molecule has 2 aromatic rings. The van der Waals surface area contributed by atoms with Crippen molar-refractivity contribution < 1.29 is 37.0 Å². The molecule has 0 amide bonds. The monoisotopic (exact) mass is 300 g/mol. The van der Waals surface area contributed by atoms with Crippen molar-refractivity contribution in [3.8, 4) is 23.0 Å².